The van der Waals surface area contributed by atoms with E-state index >= 15 is 0 Å². The molecule has 1 aliphatic rings. The Bertz CT molecular complexity index is 1370. The van der Waals surface area contributed by atoms with E-state index in [1.54, 1.807) is 26.0 Å². The summed E-state index contributed by atoms with van der Waals surface area (Å²) in [5, 5.41) is -0.510. The highest BCUT2D eigenvalue weighted by Crippen LogP contribution is 2.33. The van der Waals surface area contributed by atoms with E-state index < -0.39 is 25.3 Å². The lowest BCUT2D eigenvalue weighted by atomic mass is 9.93. The molecule has 35 heavy (non-hydrogen) atoms. The maximum atomic E-state index is 12.7. The summed E-state index contributed by atoms with van der Waals surface area (Å²) in [7, 11) is -6.79. The van der Waals surface area contributed by atoms with Crippen LogP contribution in [0.1, 0.15) is 25.3 Å². The Hall–Kier alpha value is -2.88. The first kappa shape index (κ1) is 25.2. The Morgan fingerprint density at radius 1 is 0.829 bits per heavy atom. The highest BCUT2D eigenvalue weighted by atomic mass is 32.2. The summed E-state index contributed by atoms with van der Waals surface area (Å²) in [5.41, 5.74) is 4.46. The molecular formula is C26H31N3O4S2. The van der Waals surface area contributed by atoms with Crippen molar-refractivity contribution >= 4 is 31.4 Å². The molecule has 0 unspecified atom stereocenters. The molecule has 0 radical (unpaired) electrons. The van der Waals surface area contributed by atoms with Crippen molar-refractivity contribution in [3.05, 3.63) is 84.4 Å². The van der Waals surface area contributed by atoms with Crippen LogP contribution in [0.2, 0.25) is 0 Å². The zero-order chi connectivity index (χ0) is 25.2. The van der Waals surface area contributed by atoms with E-state index in [9.17, 15) is 16.8 Å². The van der Waals surface area contributed by atoms with E-state index in [0.29, 0.717) is 18.8 Å². The molecule has 1 heterocycles. The summed E-state index contributed by atoms with van der Waals surface area (Å²) in [6, 6.07) is 25.0. The predicted octanol–water partition coefficient (Wildman–Crippen LogP) is 4.03. The van der Waals surface area contributed by atoms with Crippen molar-refractivity contribution in [1.29, 1.82) is 0 Å². The molecule has 2 atom stereocenters. The average molecular weight is 514 g/mol. The summed E-state index contributed by atoms with van der Waals surface area (Å²) in [6.07, 6.45) is 1.12. The summed E-state index contributed by atoms with van der Waals surface area (Å²) in [5.74, 6) is -0.0176. The third-order valence-corrected chi connectivity index (χ3v) is 8.69. The fourth-order valence-corrected chi connectivity index (χ4v) is 5.84. The maximum Gasteiger partial charge on any atom is 0.229 e. The second-order valence-electron chi connectivity index (χ2n) is 9.24. The lowest BCUT2D eigenvalue weighted by molar-refractivity contribution is 0.535. The molecule has 3 aromatic rings. The zero-order valence-electron chi connectivity index (χ0n) is 20.0. The normalized spacial score (nSPS) is 18.7. The van der Waals surface area contributed by atoms with Gasteiger partial charge in [0.2, 0.25) is 20.0 Å². The van der Waals surface area contributed by atoms with Gasteiger partial charge in [-0.05, 0) is 54.8 Å². The molecule has 7 nitrogen and oxygen atoms in total. The number of nitrogens with one attached hydrogen (secondary N) is 2. The molecule has 4 rings (SSSR count). The van der Waals surface area contributed by atoms with Crippen LogP contribution in [0.15, 0.2) is 78.9 Å². The topological polar surface area (TPSA) is 95.6 Å². The Labute approximate surface area is 208 Å². The maximum absolute atomic E-state index is 12.7. The number of rotatable bonds is 8. The van der Waals surface area contributed by atoms with Gasteiger partial charge < -0.3 is 4.90 Å². The number of hydrogen-bond acceptors (Lipinski definition) is 5. The van der Waals surface area contributed by atoms with Crippen molar-refractivity contribution in [2.75, 3.05) is 29.0 Å². The highest BCUT2D eigenvalue weighted by molar-refractivity contribution is 7.92. The molecular weight excluding hydrogens is 482 g/mol. The van der Waals surface area contributed by atoms with Gasteiger partial charge in [0.25, 0.3) is 0 Å². The first-order valence-corrected chi connectivity index (χ1v) is 14.9. The Morgan fingerprint density at radius 3 is 2.14 bits per heavy atom. The van der Waals surface area contributed by atoms with Gasteiger partial charge in [-0.15, -0.1) is 0 Å². The van der Waals surface area contributed by atoms with Crippen molar-refractivity contribution in [1.82, 2.24) is 4.72 Å². The van der Waals surface area contributed by atoms with Gasteiger partial charge in [-0.25, -0.2) is 21.6 Å². The summed E-state index contributed by atoms with van der Waals surface area (Å²) >= 11 is 0. The van der Waals surface area contributed by atoms with Gasteiger partial charge >= 0.3 is 0 Å². The third-order valence-electron chi connectivity index (χ3n) is 6.22. The van der Waals surface area contributed by atoms with Crippen molar-refractivity contribution in [2.45, 2.75) is 31.1 Å². The molecule has 0 aromatic heterocycles. The van der Waals surface area contributed by atoms with Gasteiger partial charge in [-0.3, -0.25) is 4.72 Å². The van der Waals surface area contributed by atoms with Crippen LogP contribution < -0.4 is 14.3 Å². The second kappa shape index (κ2) is 10.0. The van der Waals surface area contributed by atoms with Crippen molar-refractivity contribution in [3.63, 3.8) is 0 Å². The van der Waals surface area contributed by atoms with Crippen LogP contribution in [-0.4, -0.2) is 47.5 Å². The Morgan fingerprint density at radius 2 is 1.51 bits per heavy atom. The van der Waals surface area contributed by atoms with Crippen LogP contribution in [0.4, 0.5) is 11.4 Å². The Balaban J connectivity index is 1.61. The summed E-state index contributed by atoms with van der Waals surface area (Å²) in [4.78, 5) is 2.21. The van der Waals surface area contributed by atoms with Crippen LogP contribution in [0, 0.1) is 0 Å². The standard InChI is InChI=1S/C26H31N3O4S2/c1-19(2)35(32,33)28-26-18-29(24-10-5-4-6-11-24)17-25(26)21-14-12-20(13-15-21)22-8-7-9-23(16-22)27-34(3,30)31/h4-16,19,25-28H,17-18H2,1-3H3/t25-,26+/m0/s1. The molecule has 0 bridgehead atoms. The fraction of sp³-hybridized carbons (Fsp3) is 0.308. The molecule has 9 heteroatoms. The second-order valence-corrected chi connectivity index (χ2v) is 13.3. The summed E-state index contributed by atoms with van der Waals surface area (Å²) in [6.45, 7) is 4.65. The average Bonchev–Trinajstić information content (AvgIpc) is 3.22. The molecule has 1 aliphatic heterocycles. The molecule has 3 aromatic carbocycles. The van der Waals surface area contributed by atoms with E-state index in [2.05, 4.69) is 14.3 Å². The van der Waals surface area contributed by atoms with Gasteiger partial charge in [-0.1, -0.05) is 54.6 Å². The van der Waals surface area contributed by atoms with Crippen molar-refractivity contribution < 1.29 is 16.8 Å². The number of benzene rings is 3. The SMILES string of the molecule is CC(C)S(=O)(=O)N[C@@H]1CN(c2ccccc2)C[C@H]1c1ccc(-c2cccc(NS(C)(=O)=O)c2)cc1. The van der Waals surface area contributed by atoms with Crippen LogP contribution in [-0.2, 0) is 20.0 Å². The van der Waals surface area contributed by atoms with Gasteiger partial charge in [0.15, 0.2) is 0 Å². The van der Waals surface area contributed by atoms with Crippen LogP contribution in [0.3, 0.4) is 0 Å². The predicted molar refractivity (Wildman–Crippen MR) is 143 cm³/mol. The minimum absolute atomic E-state index is 0.0176. The number of hydrogen-bond donors (Lipinski definition) is 2. The third kappa shape index (κ3) is 6.22. The first-order valence-electron chi connectivity index (χ1n) is 11.5. The van der Waals surface area contributed by atoms with E-state index in [1.165, 1.54) is 0 Å². The van der Waals surface area contributed by atoms with E-state index in [4.69, 9.17) is 0 Å². The smallest absolute Gasteiger partial charge is 0.229 e. The van der Waals surface area contributed by atoms with Gasteiger partial charge in [0.05, 0.1) is 11.5 Å². The minimum atomic E-state index is -3.43. The molecule has 186 valence electrons. The molecule has 0 spiro atoms. The van der Waals surface area contributed by atoms with Crippen LogP contribution in [0.5, 0.6) is 0 Å². The molecule has 2 N–H and O–H groups in total. The highest BCUT2D eigenvalue weighted by Gasteiger charge is 2.37. The van der Waals surface area contributed by atoms with Gasteiger partial charge in [0, 0.05) is 36.4 Å². The lowest BCUT2D eigenvalue weighted by Gasteiger charge is -2.21. The zero-order valence-corrected chi connectivity index (χ0v) is 21.7. The molecule has 0 aliphatic carbocycles. The largest absolute Gasteiger partial charge is 0.369 e. The van der Waals surface area contributed by atoms with E-state index in [0.717, 1.165) is 28.6 Å². The number of anilines is 2. The quantitative estimate of drug-likeness (QED) is 0.474. The lowest BCUT2D eigenvalue weighted by Crippen LogP contribution is -2.43. The number of sulfonamides is 2. The fourth-order valence-electron chi connectivity index (χ4n) is 4.36. The minimum Gasteiger partial charge on any atom is -0.369 e. The molecule has 0 saturated carbocycles. The van der Waals surface area contributed by atoms with Gasteiger partial charge in [0.1, 0.15) is 0 Å². The molecule has 0 amide bonds. The van der Waals surface area contributed by atoms with Crippen molar-refractivity contribution in [2.24, 2.45) is 0 Å². The number of nitrogens with zero attached hydrogens (tertiary/aromatic N) is 1. The van der Waals surface area contributed by atoms with E-state index in [1.807, 2.05) is 66.7 Å². The van der Waals surface area contributed by atoms with Gasteiger partial charge in [-0.2, -0.15) is 0 Å². The van der Waals surface area contributed by atoms with E-state index in [-0.39, 0.29) is 12.0 Å². The van der Waals surface area contributed by atoms with Crippen molar-refractivity contribution in [3.8, 4) is 11.1 Å². The first-order chi connectivity index (χ1) is 16.5. The van der Waals surface area contributed by atoms with Crippen LogP contribution in [0.25, 0.3) is 11.1 Å². The van der Waals surface area contributed by atoms with Crippen LogP contribution >= 0.6 is 0 Å². The summed E-state index contributed by atoms with van der Waals surface area (Å²) < 4.78 is 54.0. The monoisotopic (exact) mass is 513 g/mol. The Kier molecular flexibility index (Phi) is 7.21. The number of para-hydroxylation sites is 1. The molecule has 1 fully saturated rings. The molecule has 1 saturated heterocycles.